The highest BCUT2D eigenvalue weighted by Gasteiger charge is 2.05. The molecule has 0 N–H and O–H groups in total. The van der Waals surface area contributed by atoms with E-state index in [1.807, 2.05) is 36.6 Å². The van der Waals surface area contributed by atoms with Crippen molar-refractivity contribution >= 4 is 34.5 Å². The van der Waals surface area contributed by atoms with Gasteiger partial charge in [0.05, 0.1) is 17.2 Å². The van der Waals surface area contributed by atoms with Crippen LogP contribution in [0.15, 0.2) is 40.5 Å². The van der Waals surface area contributed by atoms with Gasteiger partial charge in [-0.05, 0) is 24.0 Å². The minimum Gasteiger partial charge on any atom is -0.268 e. The predicted molar refractivity (Wildman–Crippen MR) is 85.0 cm³/mol. The van der Waals surface area contributed by atoms with Crippen LogP contribution in [-0.2, 0) is 6.54 Å². The summed E-state index contributed by atoms with van der Waals surface area (Å²) >= 11 is 8.74. The summed E-state index contributed by atoms with van der Waals surface area (Å²) in [4.78, 5) is 16.1. The van der Waals surface area contributed by atoms with Gasteiger partial charge in [-0.15, -0.1) is 11.3 Å². The fourth-order valence-corrected chi connectivity index (χ4v) is 3.58. The Morgan fingerprint density at radius 1 is 1.30 bits per heavy atom. The summed E-state index contributed by atoms with van der Waals surface area (Å²) in [5, 5.41) is 3.11. The Kier molecular flexibility index (Phi) is 3.74. The predicted octanol–water partition coefficient (Wildman–Crippen LogP) is 4.04. The first-order chi connectivity index (χ1) is 9.61. The summed E-state index contributed by atoms with van der Waals surface area (Å²) in [6, 6.07) is 9.54. The van der Waals surface area contributed by atoms with E-state index in [0.717, 1.165) is 21.8 Å². The van der Waals surface area contributed by atoms with Crippen molar-refractivity contribution in [1.82, 2.24) is 8.94 Å². The number of rotatable bonds is 3. The molecule has 3 nitrogen and oxygen atoms in total. The van der Waals surface area contributed by atoms with Gasteiger partial charge in [-0.25, -0.2) is 4.98 Å². The molecule has 0 radical (unpaired) electrons. The maximum absolute atomic E-state index is 11.6. The summed E-state index contributed by atoms with van der Waals surface area (Å²) < 4.78 is 2.16. The molecule has 0 aliphatic heterocycles. The van der Waals surface area contributed by atoms with E-state index in [1.165, 1.54) is 17.6 Å². The molecule has 0 bridgehead atoms. The molecule has 3 rings (SSSR count). The van der Waals surface area contributed by atoms with Crippen LogP contribution < -0.4 is 5.56 Å². The number of hydrogen-bond donors (Lipinski definition) is 0. The Morgan fingerprint density at radius 2 is 2.05 bits per heavy atom. The first-order valence-corrected chi connectivity index (χ1v) is 8.03. The van der Waals surface area contributed by atoms with Crippen molar-refractivity contribution in [2.75, 3.05) is 0 Å². The van der Waals surface area contributed by atoms with Crippen molar-refractivity contribution in [2.45, 2.75) is 13.5 Å². The molecule has 0 atom stereocenters. The van der Waals surface area contributed by atoms with E-state index in [4.69, 9.17) is 11.6 Å². The van der Waals surface area contributed by atoms with Gasteiger partial charge < -0.3 is 0 Å². The summed E-state index contributed by atoms with van der Waals surface area (Å²) in [5.41, 5.74) is 3.10. The Hall–Kier alpha value is -1.43. The third-order valence-electron chi connectivity index (χ3n) is 2.88. The second kappa shape index (κ2) is 5.52. The quantitative estimate of drug-likeness (QED) is 0.729. The molecule has 0 spiro atoms. The van der Waals surface area contributed by atoms with Crippen LogP contribution in [0.1, 0.15) is 10.6 Å². The molecule has 2 aromatic heterocycles. The standard InChI is InChI=1S/C14H11ClN2OS2/c1-9-16-12(8-19-9)11-4-2-10(3-5-11)7-17-14(18)6-13(15)20-17/h2-6,8H,7H2,1H3. The maximum atomic E-state index is 11.6. The van der Waals surface area contributed by atoms with E-state index >= 15 is 0 Å². The molecule has 0 fully saturated rings. The molecule has 3 aromatic rings. The number of aryl methyl sites for hydroxylation is 1. The zero-order valence-electron chi connectivity index (χ0n) is 10.7. The van der Waals surface area contributed by atoms with E-state index in [0.29, 0.717) is 10.9 Å². The molecule has 6 heteroatoms. The molecule has 2 heterocycles. The molecule has 1 aromatic carbocycles. The van der Waals surface area contributed by atoms with Gasteiger partial charge in [0.1, 0.15) is 4.34 Å². The average molecular weight is 323 g/mol. The molecule has 0 saturated heterocycles. The van der Waals surface area contributed by atoms with E-state index in [-0.39, 0.29) is 5.56 Å². The van der Waals surface area contributed by atoms with Gasteiger partial charge in [0, 0.05) is 17.0 Å². The molecular weight excluding hydrogens is 312 g/mol. The fraction of sp³-hybridized carbons (Fsp3) is 0.143. The van der Waals surface area contributed by atoms with Gasteiger partial charge in [0.25, 0.3) is 5.56 Å². The minimum absolute atomic E-state index is 0.0563. The SMILES string of the molecule is Cc1nc(-c2ccc(Cn3sc(Cl)cc3=O)cc2)cs1. The van der Waals surface area contributed by atoms with Crippen LogP contribution in [0.2, 0.25) is 4.34 Å². The van der Waals surface area contributed by atoms with Gasteiger partial charge >= 0.3 is 0 Å². The summed E-state index contributed by atoms with van der Waals surface area (Å²) in [7, 11) is 0. The summed E-state index contributed by atoms with van der Waals surface area (Å²) in [5.74, 6) is 0. The lowest BCUT2D eigenvalue weighted by Crippen LogP contribution is -2.12. The molecule has 20 heavy (non-hydrogen) atoms. The molecule has 0 aliphatic carbocycles. The molecule has 0 saturated carbocycles. The van der Waals surface area contributed by atoms with Crippen LogP contribution in [0.5, 0.6) is 0 Å². The van der Waals surface area contributed by atoms with Crippen LogP contribution in [0.3, 0.4) is 0 Å². The van der Waals surface area contributed by atoms with Crippen LogP contribution in [0.4, 0.5) is 0 Å². The third-order valence-corrected chi connectivity index (χ3v) is 4.79. The number of thiazole rings is 1. The summed E-state index contributed by atoms with van der Waals surface area (Å²) in [6.45, 7) is 2.54. The first kappa shape index (κ1) is 13.5. The molecular formula is C14H11ClN2OS2. The topological polar surface area (TPSA) is 34.9 Å². The lowest BCUT2D eigenvalue weighted by Gasteiger charge is -2.02. The summed E-state index contributed by atoms with van der Waals surface area (Å²) in [6.07, 6.45) is 0. The molecule has 0 amide bonds. The van der Waals surface area contributed by atoms with Crippen molar-refractivity contribution in [3.63, 3.8) is 0 Å². The Balaban J connectivity index is 1.83. The van der Waals surface area contributed by atoms with E-state index in [2.05, 4.69) is 4.98 Å². The van der Waals surface area contributed by atoms with Crippen molar-refractivity contribution in [1.29, 1.82) is 0 Å². The van der Waals surface area contributed by atoms with Gasteiger partial charge in [-0.3, -0.25) is 8.75 Å². The van der Waals surface area contributed by atoms with Crippen LogP contribution in [-0.4, -0.2) is 8.94 Å². The highest BCUT2D eigenvalue weighted by molar-refractivity contribution is 7.11. The average Bonchev–Trinajstić information content (AvgIpc) is 2.97. The van der Waals surface area contributed by atoms with Gasteiger partial charge in [-0.1, -0.05) is 35.9 Å². The van der Waals surface area contributed by atoms with Crippen LogP contribution >= 0.6 is 34.5 Å². The lowest BCUT2D eigenvalue weighted by molar-refractivity contribution is 0.849. The second-order valence-electron chi connectivity index (χ2n) is 4.36. The number of hydrogen-bond acceptors (Lipinski definition) is 4. The van der Waals surface area contributed by atoms with E-state index in [1.54, 1.807) is 15.3 Å². The van der Waals surface area contributed by atoms with Crippen LogP contribution in [0.25, 0.3) is 11.3 Å². The van der Waals surface area contributed by atoms with Crippen molar-refractivity contribution in [3.8, 4) is 11.3 Å². The first-order valence-electron chi connectivity index (χ1n) is 6.00. The molecule has 0 aliphatic rings. The smallest absolute Gasteiger partial charge is 0.262 e. The highest BCUT2D eigenvalue weighted by Crippen LogP contribution is 2.22. The van der Waals surface area contributed by atoms with Crippen molar-refractivity contribution < 1.29 is 0 Å². The molecule has 102 valence electrons. The Labute approximate surface area is 129 Å². The largest absolute Gasteiger partial charge is 0.268 e. The van der Waals surface area contributed by atoms with E-state index < -0.39 is 0 Å². The normalized spacial score (nSPS) is 10.9. The zero-order chi connectivity index (χ0) is 14.1. The maximum Gasteiger partial charge on any atom is 0.262 e. The monoisotopic (exact) mass is 322 g/mol. The Bertz CT molecular complexity index is 786. The molecule has 0 unspecified atom stereocenters. The third kappa shape index (κ3) is 2.85. The van der Waals surface area contributed by atoms with Gasteiger partial charge in [0.15, 0.2) is 0 Å². The zero-order valence-corrected chi connectivity index (χ0v) is 13.1. The van der Waals surface area contributed by atoms with Crippen molar-refractivity contribution in [2.24, 2.45) is 0 Å². The minimum atomic E-state index is -0.0563. The second-order valence-corrected chi connectivity index (χ2v) is 7.12. The lowest BCUT2D eigenvalue weighted by atomic mass is 10.1. The van der Waals surface area contributed by atoms with E-state index in [9.17, 15) is 4.79 Å². The number of halogens is 1. The van der Waals surface area contributed by atoms with Crippen molar-refractivity contribution in [3.05, 3.63) is 61.0 Å². The Morgan fingerprint density at radius 3 is 2.60 bits per heavy atom. The number of nitrogens with zero attached hydrogens (tertiary/aromatic N) is 2. The number of benzene rings is 1. The fourth-order valence-electron chi connectivity index (χ4n) is 1.90. The van der Waals surface area contributed by atoms with Gasteiger partial charge in [0.2, 0.25) is 0 Å². The number of aromatic nitrogens is 2. The van der Waals surface area contributed by atoms with Gasteiger partial charge in [-0.2, -0.15) is 0 Å². The van der Waals surface area contributed by atoms with Crippen LogP contribution in [0, 0.1) is 6.92 Å². The highest BCUT2D eigenvalue weighted by atomic mass is 35.5.